The van der Waals surface area contributed by atoms with Crippen LogP contribution in [0.1, 0.15) is 88.6 Å². The van der Waals surface area contributed by atoms with Gasteiger partial charge in [-0.3, -0.25) is 0 Å². The molecule has 2 unspecified atom stereocenters. The molecule has 4 saturated carbocycles. The molecule has 14 rings (SSSR count). The van der Waals surface area contributed by atoms with Crippen molar-refractivity contribution in [2.45, 2.75) is 67.6 Å². The highest BCUT2D eigenvalue weighted by molar-refractivity contribution is 5.97. The SMILES string of the molecule is C=Cc1ccc(C23CC4CC(C2)CC(c2ccc(-c5ccc6c(c5)C5(c7ccccc7-c7ccccc75)c5cc(-c7ccc8c(c7)CC8)ccc5-6)cc2)(C4)C3)cc1. The molecule has 274 valence electrons. The van der Waals surface area contributed by atoms with Gasteiger partial charge in [0.05, 0.1) is 5.41 Å². The number of aryl methyl sites for hydroxylation is 2. The molecule has 0 N–H and O–H groups in total. The number of hydrogen-bond donors (Lipinski definition) is 0. The zero-order valence-electron chi connectivity index (χ0n) is 32.5. The van der Waals surface area contributed by atoms with Gasteiger partial charge in [0.15, 0.2) is 0 Å². The van der Waals surface area contributed by atoms with Gasteiger partial charge in [-0.05, 0) is 181 Å². The third-order valence-corrected chi connectivity index (χ3v) is 15.9. The fourth-order valence-corrected chi connectivity index (χ4v) is 13.8. The highest BCUT2D eigenvalue weighted by Gasteiger charge is 2.58. The summed E-state index contributed by atoms with van der Waals surface area (Å²) in [5.41, 5.74) is 23.9. The molecule has 2 atom stereocenters. The van der Waals surface area contributed by atoms with E-state index in [0.29, 0.717) is 5.41 Å². The van der Waals surface area contributed by atoms with Crippen molar-refractivity contribution in [3.05, 3.63) is 208 Å². The van der Waals surface area contributed by atoms with Crippen molar-refractivity contribution in [1.29, 1.82) is 0 Å². The van der Waals surface area contributed by atoms with E-state index in [2.05, 4.69) is 158 Å². The minimum atomic E-state index is -0.374. The Bertz CT molecular complexity index is 2770. The molecule has 7 aliphatic rings. The third-order valence-electron chi connectivity index (χ3n) is 15.9. The van der Waals surface area contributed by atoms with E-state index < -0.39 is 0 Å². The van der Waals surface area contributed by atoms with Crippen LogP contribution in [0, 0.1) is 11.8 Å². The zero-order chi connectivity index (χ0) is 37.5. The van der Waals surface area contributed by atoms with E-state index in [1.807, 2.05) is 6.08 Å². The second-order valence-corrected chi connectivity index (χ2v) is 18.8. The van der Waals surface area contributed by atoms with Gasteiger partial charge in [0, 0.05) is 0 Å². The molecule has 0 heterocycles. The smallest absolute Gasteiger partial charge is 0.0725 e. The van der Waals surface area contributed by atoms with Gasteiger partial charge in [0.1, 0.15) is 0 Å². The van der Waals surface area contributed by atoms with Crippen LogP contribution in [0.2, 0.25) is 0 Å². The van der Waals surface area contributed by atoms with Crippen LogP contribution in [0.5, 0.6) is 0 Å². The first kappa shape index (κ1) is 32.4. The molecule has 0 aromatic heterocycles. The van der Waals surface area contributed by atoms with Crippen molar-refractivity contribution in [2.24, 2.45) is 11.8 Å². The molecule has 4 fully saturated rings. The van der Waals surface area contributed by atoms with E-state index in [-0.39, 0.29) is 10.8 Å². The Labute approximate surface area is 337 Å². The van der Waals surface area contributed by atoms with Crippen LogP contribution in [-0.2, 0) is 29.1 Å². The van der Waals surface area contributed by atoms with Crippen molar-refractivity contribution in [2.75, 3.05) is 0 Å². The van der Waals surface area contributed by atoms with Gasteiger partial charge in [-0.2, -0.15) is 0 Å². The van der Waals surface area contributed by atoms with Crippen LogP contribution >= 0.6 is 0 Å². The Morgan fingerprint density at radius 3 is 1.46 bits per heavy atom. The number of rotatable bonds is 5. The van der Waals surface area contributed by atoms with Gasteiger partial charge in [0.2, 0.25) is 0 Å². The first-order chi connectivity index (χ1) is 28.0. The highest BCUT2D eigenvalue weighted by atomic mass is 14.6. The maximum Gasteiger partial charge on any atom is 0.0725 e. The minimum absolute atomic E-state index is 0.276. The Morgan fingerprint density at radius 2 is 0.912 bits per heavy atom. The van der Waals surface area contributed by atoms with Crippen LogP contribution in [0.25, 0.3) is 50.6 Å². The summed E-state index contributed by atoms with van der Waals surface area (Å²) in [6.07, 6.45) is 12.5. The van der Waals surface area contributed by atoms with E-state index >= 15 is 0 Å². The molecule has 7 aromatic carbocycles. The Hall–Kier alpha value is -5.72. The quantitative estimate of drug-likeness (QED) is 0.165. The molecule has 0 heteroatoms. The summed E-state index contributed by atoms with van der Waals surface area (Å²) in [4.78, 5) is 0. The number of hydrogen-bond acceptors (Lipinski definition) is 0. The van der Waals surface area contributed by atoms with E-state index in [4.69, 9.17) is 0 Å². The first-order valence-corrected chi connectivity index (χ1v) is 21.5. The average molecular weight is 731 g/mol. The van der Waals surface area contributed by atoms with Crippen LogP contribution < -0.4 is 0 Å². The summed E-state index contributed by atoms with van der Waals surface area (Å²) >= 11 is 0. The predicted octanol–water partition coefficient (Wildman–Crippen LogP) is 13.9. The maximum absolute atomic E-state index is 4.02. The first-order valence-electron chi connectivity index (χ1n) is 21.5. The summed E-state index contributed by atoms with van der Waals surface area (Å²) in [5, 5.41) is 0. The molecule has 7 aliphatic carbocycles. The molecular formula is C57H46. The lowest BCUT2D eigenvalue weighted by Crippen LogP contribution is -2.55. The van der Waals surface area contributed by atoms with Gasteiger partial charge < -0.3 is 0 Å². The summed E-state index contributed by atoms with van der Waals surface area (Å²) in [7, 11) is 0. The molecular weight excluding hydrogens is 685 g/mol. The second kappa shape index (κ2) is 11.4. The molecule has 1 spiro atoms. The van der Waals surface area contributed by atoms with Crippen molar-refractivity contribution < 1.29 is 0 Å². The molecule has 0 aliphatic heterocycles. The molecule has 7 aromatic rings. The monoisotopic (exact) mass is 730 g/mol. The van der Waals surface area contributed by atoms with Gasteiger partial charge in [-0.15, -0.1) is 0 Å². The van der Waals surface area contributed by atoms with E-state index in [1.54, 1.807) is 11.1 Å². The summed E-state index contributed by atoms with van der Waals surface area (Å²) in [5.74, 6) is 1.66. The predicted molar refractivity (Wildman–Crippen MR) is 236 cm³/mol. The number of fused-ring (bicyclic) bond motifs is 11. The second-order valence-electron chi connectivity index (χ2n) is 18.8. The van der Waals surface area contributed by atoms with Crippen molar-refractivity contribution >= 4 is 6.08 Å². The lowest BCUT2D eigenvalue weighted by molar-refractivity contribution is -0.0281. The zero-order valence-corrected chi connectivity index (χ0v) is 32.5. The Kier molecular flexibility index (Phi) is 6.50. The van der Waals surface area contributed by atoms with Crippen LogP contribution in [-0.4, -0.2) is 0 Å². The van der Waals surface area contributed by atoms with Crippen LogP contribution in [0.4, 0.5) is 0 Å². The minimum Gasteiger partial charge on any atom is -0.0985 e. The summed E-state index contributed by atoms with van der Waals surface area (Å²) < 4.78 is 0. The maximum atomic E-state index is 4.02. The standard InChI is InChI=1S/C57H46/c1-2-36-11-21-45(22-12-36)55-31-37-27-38(32-55)34-56(33-37,35-55)46-23-17-40(18-24-46)43-19-25-49-50-26-20-44(42-16-14-39-13-15-41(39)28-42)30-54(50)57(53(49)29-43)51-9-5-3-7-47(51)48-8-4-6-10-52(48)57/h2-12,14,16-26,28-30,37-38H,1,13,15,27,31-35H2. The summed E-state index contributed by atoms with van der Waals surface area (Å²) in [6, 6.07) is 59.6. The molecule has 0 nitrogen and oxygen atoms in total. The van der Waals surface area contributed by atoms with Crippen molar-refractivity contribution in [3.63, 3.8) is 0 Å². The van der Waals surface area contributed by atoms with Gasteiger partial charge in [-0.1, -0.05) is 152 Å². The largest absolute Gasteiger partial charge is 0.0985 e. The van der Waals surface area contributed by atoms with Crippen molar-refractivity contribution in [3.8, 4) is 44.5 Å². The highest BCUT2D eigenvalue weighted by Crippen LogP contribution is 2.67. The summed E-state index contributed by atoms with van der Waals surface area (Å²) in [6.45, 7) is 4.02. The molecule has 0 radical (unpaired) electrons. The topological polar surface area (TPSA) is 0 Å². The van der Waals surface area contributed by atoms with Crippen molar-refractivity contribution in [1.82, 2.24) is 0 Å². The fraction of sp³-hybridized carbons (Fsp3) is 0.228. The van der Waals surface area contributed by atoms with Crippen LogP contribution in [0.15, 0.2) is 158 Å². The van der Waals surface area contributed by atoms with E-state index in [9.17, 15) is 0 Å². The molecule has 4 bridgehead atoms. The molecule has 0 amide bonds. The van der Waals surface area contributed by atoms with Gasteiger partial charge in [0.25, 0.3) is 0 Å². The normalized spacial score (nSPS) is 24.6. The molecule has 0 saturated heterocycles. The lowest BCUT2D eigenvalue weighted by atomic mass is 9.41. The Morgan fingerprint density at radius 1 is 0.439 bits per heavy atom. The lowest BCUT2D eigenvalue weighted by Gasteiger charge is -2.63. The molecule has 57 heavy (non-hydrogen) atoms. The third kappa shape index (κ3) is 4.34. The number of benzene rings is 7. The van der Waals surface area contributed by atoms with Gasteiger partial charge >= 0.3 is 0 Å². The van der Waals surface area contributed by atoms with E-state index in [1.165, 1.54) is 135 Å². The average Bonchev–Trinajstić information content (AvgIpc) is 3.70. The van der Waals surface area contributed by atoms with Gasteiger partial charge in [-0.25, -0.2) is 0 Å². The Balaban J connectivity index is 0.928. The fourth-order valence-electron chi connectivity index (χ4n) is 13.8. The van der Waals surface area contributed by atoms with Crippen LogP contribution in [0.3, 0.4) is 0 Å². The van der Waals surface area contributed by atoms with E-state index in [0.717, 1.165) is 11.8 Å².